The summed E-state index contributed by atoms with van der Waals surface area (Å²) < 4.78 is 0. The molecule has 0 aromatic heterocycles. The molecule has 1 unspecified atom stereocenters. The van der Waals surface area contributed by atoms with Crippen LogP contribution in [0.5, 0.6) is 0 Å². The topological polar surface area (TPSA) is 26.0 Å². The summed E-state index contributed by atoms with van der Waals surface area (Å²) in [5.41, 5.74) is 9.97. The van der Waals surface area contributed by atoms with Gasteiger partial charge >= 0.3 is 0 Å². The van der Waals surface area contributed by atoms with E-state index >= 15 is 0 Å². The summed E-state index contributed by atoms with van der Waals surface area (Å²) in [7, 11) is 0. The van der Waals surface area contributed by atoms with E-state index in [-0.39, 0.29) is 6.04 Å². The highest BCUT2D eigenvalue weighted by molar-refractivity contribution is 6.35. The van der Waals surface area contributed by atoms with Crippen molar-refractivity contribution in [2.24, 2.45) is 5.73 Å². The van der Waals surface area contributed by atoms with Crippen molar-refractivity contribution in [2.75, 3.05) is 0 Å². The third kappa shape index (κ3) is 4.24. The molecule has 0 aliphatic carbocycles. The van der Waals surface area contributed by atoms with Crippen molar-refractivity contribution in [1.82, 2.24) is 0 Å². The van der Waals surface area contributed by atoms with Crippen LogP contribution in [0.4, 0.5) is 0 Å². The van der Waals surface area contributed by atoms with Gasteiger partial charge in [-0.15, -0.1) is 0 Å². The number of rotatable bonds is 5. The first-order valence-electron chi connectivity index (χ1n) is 6.80. The van der Waals surface area contributed by atoms with Crippen molar-refractivity contribution in [3.8, 4) is 0 Å². The van der Waals surface area contributed by atoms with Gasteiger partial charge in [0.25, 0.3) is 0 Å². The molecule has 0 aliphatic heterocycles. The summed E-state index contributed by atoms with van der Waals surface area (Å²) in [5, 5.41) is 1.36. The maximum Gasteiger partial charge on any atom is 0.0453 e. The summed E-state index contributed by atoms with van der Waals surface area (Å²) in [5.74, 6) is 0. The van der Waals surface area contributed by atoms with Crippen LogP contribution in [0.1, 0.15) is 23.1 Å². The number of hydrogen-bond acceptors (Lipinski definition) is 1. The Balaban J connectivity index is 1.92. The summed E-state index contributed by atoms with van der Waals surface area (Å²) in [6.45, 7) is 2.14. The van der Waals surface area contributed by atoms with Crippen LogP contribution in [0, 0.1) is 6.92 Å². The molecule has 2 rings (SSSR count). The molecule has 2 aromatic rings. The van der Waals surface area contributed by atoms with Gasteiger partial charge in [-0.1, -0.05) is 53.5 Å². The molecule has 20 heavy (non-hydrogen) atoms. The SMILES string of the molecule is Cc1ccccc1CCC(N)Cc1ccc(Cl)cc1Cl. The van der Waals surface area contributed by atoms with Crippen LogP contribution in [0.15, 0.2) is 42.5 Å². The van der Waals surface area contributed by atoms with Gasteiger partial charge < -0.3 is 5.73 Å². The van der Waals surface area contributed by atoms with E-state index in [2.05, 4.69) is 31.2 Å². The Morgan fingerprint density at radius 1 is 1.05 bits per heavy atom. The molecule has 0 fully saturated rings. The second-order valence-electron chi connectivity index (χ2n) is 5.17. The highest BCUT2D eigenvalue weighted by Crippen LogP contribution is 2.22. The minimum Gasteiger partial charge on any atom is -0.327 e. The highest BCUT2D eigenvalue weighted by atomic mass is 35.5. The lowest BCUT2D eigenvalue weighted by atomic mass is 9.97. The predicted octanol–water partition coefficient (Wildman–Crippen LogP) is 4.80. The lowest BCUT2D eigenvalue weighted by molar-refractivity contribution is 0.609. The normalized spacial score (nSPS) is 12.4. The third-order valence-corrected chi connectivity index (χ3v) is 4.13. The second-order valence-corrected chi connectivity index (χ2v) is 6.01. The van der Waals surface area contributed by atoms with Gasteiger partial charge in [-0.25, -0.2) is 0 Å². The maximum absolute atomic E-state index is 6.22. The van der Waals surface area contributed by atoms with E-state index < -0.39 is 0 Å². The fourth-order valence-corrected chi connectivity index (χ4v) is 2.79. The molecule has 0 heterocycles. The first-order valence-corrected chi connectivity index (χ1v) is 7.56. The minimum atomic E-state index is 0.105. The van der Waals surface area contributed by atoms with Crippen molar-refractivity contribution in [3.05, 3.63) is 69.2 Å². The quantitative estimate of drug-likeness (QED) is 0.843. The second kappa shape index (κ2) is 7.12. The van der Waals surface area contributed by atoms with E-state index in [1.54, 1.807) is 6.07 Å². The zero-order valence-corrected chi connectivity index (χ0v) is 13.1. The van der Waals surface area contributed by atoms with E-state index in [1.165, 1.54) is 11.1 Å². The Bertz CT molecular complexity index is 581. The largest absolute Gasteiger partial charge is 0.327 e. The van der Waals surface area contributed by atoms with Crippen LogP contribution in [-0.4, -0.2) is 6.04 Å². The molecular weight excluding hydrogens is 289 g/mol. The number of benzene rings is 2. The molecule has 0 amide bonds. The van der Waals surface area contributed by atoms with Gasteiger partial charge in [0.2, 0.25) is 0 Å². The Morgan fingerprint density at radius 3 is 2.50 bits per heavy atom. The van der Waals surface area contributed by atoms with Crippen molar-refractivity contribution < 1.29 is 0 Å². The molecule has 0 aliphatic rings. The summed E-state index contributed by atoms with van der Waals surface area (Å²) >= 11 is 12.1. The Morgan fingerprint density at radius 2 is 1.80 bits per heavy atom. The summed E-state index contributed by atoms with van der Waals surface area (Å²) in [6.07, 6.45) is 2.73. The van der Waals surface area contributed by atoms with Gasteiger partial charge in [0.1, 0.15) is 0 Å². The molecule has 2 N–H and O–H groups in total. The van der Waals surface area contributed by atoms with Crippen molar-refractivity contribution in [2.45, 2.75) is 32.2 Å². The van der Waals surface area contributed by atoms with Gasteiger partial charge in [-0.2, -0.15) is 0 Å². The summed E-state index contributed by atoms with van der Waals surface area (Å²) in [6, 6.07) is 14.1. The molecule has 106 valence electrons. The van der Waals surface area contributed by atoms with E-state index in [9.17, 15) is 0 Å². The van der Waals surface area contributed by atoms with Crippen molar-refractivity contribution in [3.63, 3.8) is 0 Å². The Kier molecular flexibility index (Phi) is 5.47. The highest BCUT2D eigenvalue weighted by Gasteiger charge is 2.09. The van der Waals surface area contributed by atoms with Gasteiger partial charge in [-0.3, -0.25) is 0 Å². The van der Waals surface area contributed by atoms with Crippen molar-refractivity contribution >= 4 is 23.2 Å². The van der Waals surface area contributed by atoms with Gasteiger partial charge in [0, 0.05) is 16.1 Å². The van der Waals surface area contributed by atoms with Crippen LogP contribution < -0.4 is 5.73 Å². The van der Waals surface area contributed by atoms with Crippen LogP contribution in [0.25, 0.3) is 0 Å². The lowest BCUT2D eigenvalue weighted by Crippen LogP contribution is -2.23. The fraction of sp³-hybridized carbons (Fsp3) is 0.294. The monoisotopic (exact) mass is 307 g/mol. The van der Waals surface area contributed by atoms with Crippen LogP contribution in [0.2, 0.25) is 10.0 Å². The van der Waals surface area contributed by atoms with Crippen LogP contribution >= 0.6 is 23.2 Å². The smallest absolute Gasteiger partial charge is 0.0453 e. The number of hydrogen-bond donors (Lipinski definition) is 1. The predicted molar refractivity (Wildman–Crippen MR) is 87.6 cm³/mol. The minimum absolute atomic E-state index is 0.105. The van der Waals surface area contributed by atoms with E-state index in [4.69, 9.17) is 28.9 Å². The molecule has 1 nitrogen and oxygen atoms in total. The van der Waals surface area contributed by atoms with Crippen LogP contribution in [-0.2, 0) is 12.8 Å². The number of nitrogens with two attached hydrogens (primary N) is 1. The van der Waals surface area contributed by atoms with Crippen molar-refractivity contribution in [1.29, 1.82) is 0 Å². The standard InChI is InChI=1S/C17H19Cl2N/c1-12-4-2-3-5-13(12)7-9-16(20)10-14-6-8-15(18)11-17(14)19/h2-6,8,11,16H,7,9-10,20H2,1H3. The molecule has 0 spiro atoms. The van der Waals surface area contributed by atoms with Crippen LogP contribution in [0.3, 0.4) is 0 Å². The van der Waals surface area contributed by atoms with E-state index in [0.29, 0.717) is 10.0 Å². The lowest BCUT2D eigenvalue weighted by Gasteiger charge is -2.14. The Labute approximate surface area is 130 Å². The maximum atomic E-state index is 6.22. The van der Waals surface area contributed by atoms with Gasteiger partial charge in [-0.05, 0) is 55.0 Å². The zero-order chi connectivity index (χ0) is 14.5. The molecular formula is C17H19Cl2N. The molecule has 0 saturated heterocycles. The summed E-state index contributed by atoms with van der Waals surface area (Å²) in [4.78, 5) is 0. The molecule has 3 heteroatoms. The van der Waals surface area contributed by atoms with Gasteiger partial charge in [0.15, 0.2) is 0 Å². The number of aryl methyl sites for hydroxylation is 2. The molecule has 1 atom stereocenters. The first kappa shape index (κ1) is 15.4. The zero-order valence-electron chi connectivity index (χ0n) is 11.6. The van der Waals surface area contributed by atoms with E-state index in [1.807, 2.05) is 12.1 Å². The molecule has 0 radical (unpaired) electrons. The van der Waals surface area contributed by atoms with E-state index in [0.717, 1.165) is 24.8 Å². The molecule has 0 saturated carbocycles. The average Bonchev–Trinajstić information content (AvgIpc) is 2.41. The average molecular weight is 308 g/mol. The molecule has 2 aromatic carbocycles. The fourth-order valence-electron chi connectivity index (χ4n) is 2.30. The Hall–Kier alpha value is -1.02. The molecule has 0 bridgehead atoms. The van der Waals surface area contributed by atoms with Gasteiger partial charge in [0.05, 0.1) is 0 Å². The third-order valence-electron chi connectivity index (χ3n) is 3.54. The number of halogens is 2. The first-order chi connectivity index (χ1) is 9.56.